The zero-order valence-electron chi connectivity index (χ0n) is 11.4. The first kappa shape index (κ1) is 16.5. The topological polar surface area (TPSA) is 41.1 Å². The highest BCUT2D eigenvalue weighted by molar-refractivity contribution is 7.11. The van der Waals surface area contributed by atoms with Gasteiger partial charge in [-0.15, -0.1) is 23.7 Å². The molecule has 0 saturated carbocycles. The highest BCUT2D eigenvalue weighted by atomic mass is 35.5. The first-order valence-electron chi connectivity index (χ1n) is 6.85. The van der Waals surface area contributed by atoms with Crippen molar-refractivity contribution in [3.63, 3.8) is 0 Å². The number of thiophene rings is 1. The van der Waals surface area contributed by atoms with E-state index in [1.807, 2.05) is 0 Å². The SMILES string of the molecule is CCc1ccc(CNC(=O)CCC2CCCN2)s1.Cl. The number of hydrogen-bond donors (Lipinski definition) is 2. The lowest BCUT2D eigenvalue weighted by Crippen LogP contribution is -2.26. The molecule has 1 aromatic rings. The minimum absolute atomic E-state index is 0. The number of amides is 1. The van der Waals surface area contributed by atoms with E-state index in [4.69, 9.17) is 0 Å². The largest absolute Gasteiger partial charge is 0.351 e. The molecule has 1 saturated heterocycles. The molecule has 1 unspecified atom stereocenters. The van der Waals surface area contributed by atoms with Gasteiger partial charge >= 0.3 is 0 Å². The van der Waals surface area contributed by atoms with Gasteiger partial charge in [-0.1, -0.05) is 6.92 Å². The van der Waals surface area contributed by atoms with Crippen LogP contribution in [0.3, 0.4) is 0 Å². The highest BCUT2D eigenvalue weighted by Crippen LogP contribution is 2.16. The molecule has 5 heteroatoms. The summed E-state index contributed by atoms with van der Waals surface area (Å²) in [4.78, 5) is 14.3. The molecule has 0 bridgehead atoms. The summed E-state index contributed by atoms with van der Waals surface area (Å²) >= 11 is 1.79. The van der Waals surface area contributed by atoms with E-state index in [0.29, 0.717) is 19.0 Å². The van der Waals surface area contributed by atoms with E-state index < -0.39 is 0 Å². The first-order chi connectivity index (χ1) is 8.78. The molecule has 0 aliphatic carbocycles. The van der Waals surface area contributed by atoms with Crippen molar-refractivity contribution in [2.75, 3.05) is 6.54 Å². The molecule has 1 amide bonds. The Labute approximate surface area is 125 Å². The Hall–Kier alpha value is -0.580. The van der Waals surface area contributed by atoms with Crippen LogP contribution in [0.4, 0.5) is 0 Å². The van der Waals surface area contributed by atoms with Gasteiger partial charge in [-0.05, 0) is 44.4 Å². The van der Waals surface area contributed by atoms with E-state index in [2.05, 4.69) is 29.7 Å². The molecular weight excluding hydrogens is 280 g/mol. The Bertz CT molecular complexity index is 389. The van der Waals surface area contributed by atoms with Crippen molar-refractivity contribution in [3.05, 3.63) is 21.9 Å². The zero-order valence-corrected chi connectivity index (χ0v) is 13.0. The second-order valence-corrected chi connectivity index (χ2v) is 6.08. The Balaban J connectivity index is 0.00000180. The Morgan fingerprint density at radius 1 is 1.47 bits per heavy atom. The van der Waals surface area contributed by atoms with E-state index >= 15 is 0 Å². The molecule has 1 aromatic heterocycles. The Morgan fingerprint density at radius 2 is 2.26 bits per heavy atom. The lowest BCUT2D eigenvalue weighted by molar-refractivity contribution is -0.121. The van der Waals surface area contributed by atoms with Crippen LogP contribution >= 0.6 is 23.7 Å². The molecule has 3 nitrogen and oxygen atoms in total. The van der Waals surface area contributed by atoms with Gasteiger partial charge in [0.15, 0.2) is 0 Å². The average Bonchev–Trinajstić information content (AvgIpc) is 3.04. The molecule has 0 spiro atoms. The predicted octanol–water partition coefficient (Wildman–Crippen LogP) is 2.88. The van der Waals surface area contributed by atoms with Gasteiger partial charge in [-0.2, -0.15) is 0 Å². The maximum atomic E-state index is 11.7. The monoisotopic (exact) mass is 302 g/mol. The van der Waals surface area contributed by atoms with E-state index in [0.717, 1.165) is 19.4 Å². The fourth-order valence-electron chi connectivity index (χ4n) is 2.29. The summed E-state index contributed by atoms with van der Waals surface area (Å²) in [5.41, 5.74) is 0. The molecular formula is C14H23ClN2OS. The predicted molar refractivity (Wildman–Crippen MR) is 83.1 cm³/mol. The average molecular weight is 303 g/mol. The second-order valence-electron chi connectivity index (χ2n) is 4.83. The van der Waals surface area contributed by atoms with Gasteiger partial charge in [0.05, 0.1) is 6.54 Å². The van der Waals surface area contributed by atoms with Crippen molar-refractivity contribution in [1.29, 1.82) is 0 Å². The molecule has 1 aliphatic heterocycles. The molecule has 108 valence electrons. The van der Waals surface area contributed by atoms with E-state index in [1.165, 1.54) is 22.6 Å². The molecule has 1 atom stereocenters. The minimum atomic E-state index is 0. The van der Waals surface area contributed by atoms with Crippen LogP contribution in [0, 0.1) is 0 Å². The summed E-state index contributed by atoms with van der Waals surface area (Å²) in [7, 11) is 0. The van der Waals surface area contributed by atoms with Crippen LogP contribution in [0.5, 0.6) is 0 Å². The summed E-state index contributed by atoms with van der Waals surface area (Å²) < 4.78 is 0. The molecule has 2 rings (SSSR count). The molecule has 2 N–H and O–H groups in total. The second kappa shape index (κ2) is 8.56. The Kier molecular flexibility index (Phi) is 7.42. The van der Waals surface area contributed by atoms with E-state index in [9.17, 15) is 4.79 Å². The van der Waals surface area contributed by atoms with Crippen molar-refractivity contribution in [2.45, 2.75) is 51.6 Å². The number of aryl methyl sites for hydroxylation is 1. The van der Waals surface area contributed by atoms with Crippen molar-refractivity contribution in [1.82, 2.24) is 10.6 Å². The number of hydrogen-bond acceptors (Lipinski definition) is 3. The number of halogens is 1. The third-order valence-corrected chi connectivity index (χ3v) is 4.64. The summed E-state index contributed by atoms with van der Waals surface area (Å²) in [6.07, 6.45) is 5.16. The van der Waals surface area contributed by atoms with Crippen LogP contribution in [-0.4, -0.2) is 18.5 Å². The quantitative estimate of drug-likeness (QED) is 0.848. The fraction of sp³-hybridized carbons (Fsp3) is 0.643. The fourth-order valence-corrected chi connectivity index (χ4v) is 3.19. The number of rotatable bonds is 6. The molecule has 1 aliphatic rings. The van der Waals surface area contributed by atoms with Gasteiger partial charge in [0.2, 0.25) is 5.91 Å². The summed E-state index contributed by atoms with van der Waals surface area (Å²) in [6.45, 7) is 3.95. The third-order valence-electron chi connectivity index (χ3n) is 3.41. The normalized spacial score (nSPS) is 18.1. The summed E-state index contributed by atoms with van der Waals surface area (Å²) in [5, 5.41) is 6.42. The van der Waals surface area contributed by atoms with Crippen molar-refractivity contribution in [3.8, 4) is 0 Å². The smallest absolute Gasteiger partial charge is 0.220 e. The number of nitrogens with one attached hydrogen (secondary N) is 2. The Morgan fingerprint density at radius 3 is 2.89 bits per heavy atom. The first-order valence-corrected chi connectivity index (χ1v) is 7.67. The highest BCUT2D eigenvalue weighted by Gasteiger charge is 2.15. The van der Waals surface area contributed by atoms with Gasteiger partial charge in [0.25, 0.3) is 0 Å². The van der Waals surface area contributed by atoms with Crippen LogP contribution in [0.1, 0.15) is 42.4 Å². The molecule has 1 fully saturated rings. The van der Waals surface area contributed by atoms with E-state index in [-0.39, 0.29) is 18.3 Å². The van der Waals surface area contributed by atoms with Crippen LogP contribution in [0.2, 0.25) is 0 Å². The molecule has 2 heterocycles. The lowest BCUT2D eigenvalue weighted by atomic mass is 10.1. The maximum Gasteiger partial charge on any atom is 0.220 e. The molecule has 0 aromatic carbocycles. The third kappa shape index (κ3) is 5.51. The van der Waals surface area contributed by atoms with Crippen LogP contribution < -0.4 is 10.6 Å². The maximum absolute atomic E-state index is 11.7. The van der Waals surface area contributed by atoms with Crippen molar-refractivity contribution < 1.29 is 4.79 Å². The van der Waals surface area contributed by atoms with Crippen molar-refractivity contribution >= 4 is 29.7 Å². The van der Waals surface area contributed by atoms with Crippen LogP contribution in [-0.2, 0) is 17.8 Å². The molecule has 19 heavy (non-hydrogen) atoms. The minimum Gasteiger partial charge on any atom is -0.351 e. The van der Waals surface area contributed by atoms with E-state index in [1.54, 1.807) is 11.3 Å². The van der Waals surface area contributed by atoms with Crippen LogP contribution in [0.15, 0.2) is 12.1 Å². The van der Waals surface area contributed by atoms with Gasteiger partial charge in [-0.3, -0.25) is 4.79 Å². The zero-order chi connectivity index (χ0) is 12.8. The summed E-state index contributed by atoms with van der Waals surface area (Å²) in [5.74, 6) is 0.176. The van der Waals surface area contributed by atoms with Gasteiger partial charge in [0.1, 0.15) is 0 Å². The van der Waals surface area contributed by atoms with Crippen molar-refractivity contribution in [2.24, 2.45) is 0 Å². The summed E-state index contributed by atoms with van der Waals surface area (Å²) in [6, 6.07) is 4.82. The molecule has 0 radical (unpaired) electrons. The van der Waals surface area contributed by atoms with Gasteiger partial charge in [-0.25, -0.2) is 0 Å². The van der Waals surface area contributed by atoms with Gasteiger partial charge < -0.3 is 10.6 Å². The number of carbonyl (C=O) groups excluding carboxylic acids is 1. The van der Waals surface area contributed by atoms with Crippen LogP contribution in [0.25, 0.3) is 0 Å². The standard InChI is InChI=1S/C14H22N2OS.ClH/c1-2-12-6-7-13(18-12)10-16-14(17)8-5-11-4-3-9-15-11;/h6-7,11,15H,2-5,8-10H2,1H3,(H,16,17);1H. The lowest BCUT2D eigenvalue weighted by Gasteiger charge is -2.09. The van der Waals surface area contributed by atoms with Gasteiger partial charge in [0, 0.05) is 22.2 Å². The number of carbonyl (C=O) groups is 1.